The third kappa shape index (κ3) is 4.14. The fraction of sp³-hybridized carbons (Fsp3) is 0.636. The lowest BCUT2D eigenvalue weighted by molar-refractivity contribution is 0.391. The Kier molecular flexibility index (Phi) is 5.17. The van der Waals surface area contributed by atoms with Crippen molar-refractivity contribution in [3.05, 3.63) is 17.9 Å². The zero-order chi connectivity index (χ0) is 12.9. The second kappa shape index (κ2) is 6.18. The van der Waals surface area contributed by atoms with Crippen LogP contribution in [-0.2, 0) is 16.6 Å². The van der Waals surface area contributed by atoms with Crippen LogP contribution >= 0.6 is 0 Å². The van der Waals surface area contributed by atoms with Crippen LogP contribution in [0.4, 0.5) is 0 Å². The zero-order valence-corrected chi connectivity index (χ0v) is 11.3. The van der Waals surface area contributed by atoms with Crippen LogP contribution in [0, 0.1) is 5.92 Å². The van der Waals surface area contributed by atoms with E-state index in [2.05, 4.69) is 23.9 Å². The minimum absolute atomic E-state index is 0.0414. The topological polar surface area (TPSA) is 71.3 Å². The molecule has 1 unspecified atom stereocenters. The molecule has 6 heteroatoms. The van der Waals surface area contributed by atoms with E-state index in [1.165, 1.54) is 13.1 Å². The molecule has 1 atom stereocenters. The van der Waals surface area contributed by atoms with Crippen LogP contribution in [0.25, 0.3) is 0 Å². The molecule has 0 saturated heterocycles. The van der Waals surface area contributed by atoms with E-state index in [4.69, 9.17) is 4.42 Å². The molecular formula is C11H20N2O3S. The van der Waals surface area contributed by atoms with Gasteiger partial charge in [-0.2, -0.15) is 0 Å². The van der Waals surface area contributed by atoms with Crippen LogP contribution in [0.1, 0.15) is 26.0 Å². The molecule has 2 N–H and O–H groups in total. The zero-order valence-electron chi connectivity index (χ0n) is 10.5. The van der Waals surface area contributed by atoms with Crippen molar-refractivity contribution in [2.45, 2.75) is 31.9 Å². The highest BCUT2D eigenvalue weighted by Crippen LogP contribution is 2.13. The first-order valence-electron chi connectivity index (χ1n) is 5.72. The van der Waals surface area contributed by atoms with Gasteiger partial charge in [-0.15, -0.1) is 0 Å². The van der Waals surface area contributed by atoms with Gasteiger partial charge in [-0.25, -0.2) is 13.1 Å². The van der Waals surface area contributed by atoms with E-state index < -0.39 is 10.0 Å². The molecule has 1 aromatic heterocycles. The van der Waals surface area contributed by atoms with Crippen molar-refractivity contribution < 1.29 is 12.8 Å². The smallest absolute Gasteiger partial charge is 0.273 e. The SMILES string of the molecule is CCC(C)CNCc1ccc(S(=O)(=O)NC)o1. The summed E-state index contributed by atoms with van der Waals surface area (Å²) in [6.45, 7) is 5.73. The Balaban J connectivity index is 2.52. The number of hydrogen-bond donors (Lipinski definition) is 2. The van der Waals surface area contributed by atoms with Crippen molar-refractivity contribution in [2.24, 2.45) is 5.92 Å². The Labute approximate surface area is 103 Å². The van der Waals surface area contributed by atoms with Crippen LogP contribution < -0.4 is 10.0 Å². The molecule has 5 nitrogen and oxygen atoms in total. The Hall–Kier alpha value is -0.850. The van der Waals surface area contributed by atoms with E-state index in [0.29, 0.717) is 18.2 Å². The first-order valence-corrected chi connectivity index (χ1v) is 7.21. The Morgan fingerprint density at radius 2 is 2.12 bits per heavy atom. The van der Waals surface area contributed by atoms with Crippen LogP contribution in [-0.4, -0.2) is 22.0 Å². The summed E-state index contributed by atoms with van der Waals surface area (Å²) in [4.78, 5) is 0. The number of furan rings is 1. The van der Waals surface area contributed by atoms with Crippen LogP contribution in [0.3, 0.4) is 0 Å². The highest BCUT2D eigenvalue weighted by Gasteiger charge is 2.15. The summed E-state index contributed by atoms with van der Waals surface area (Å²) in [5, 5.41) is 3.18. The lowest BCUT2D eigenvalue weighted by Gasteiger charge is -2.08. The summed E-state index contributed by atoms with van der Waals surface area (Å²) in [6, 6.07) is 3.14. The molecule has 0 spiro atoms. The lowest BCUT2D eigenvalue weighted by atomic mass is 10.1. The van der Waals surface area contributed by atoms with Crippen molar-refractivity contribution in [3.8, 4) is 0 Å². The summed E-state index contributed by atoms with van der Waals surface area (Å²) in [6.07, 6.45) is 1.12. The lowest BCUT2D eigenvalue weighted by Crippen LogP contribution is -2.20. The van der Waals surface area contributed by atoms with E-state index in [1.54, 1.807) is 6.07 Å². The second-order valence-corrected chi connectivity index (χ2v) is 5.89. The maximum absolute atomic E-state index is 11.4. The quantitative estimate of drug-likeness (QED) is 0.775. The van der Waals surface area contributed by atoms with Crippen molar-refractivity contribution in [3.63, 3.8) is 0 Å². The molecule has 1 rings (SSSR count). The van der Waals surface area contributed by atoms with E-state index in [1.807, 2.05) is 0 Å². The molecule has 0 aliphatic carbocycles. The number of hydrogen-bond acceptors (Lipinski definition) is 4. The van der Waals surface area contributed by atoms with E-state index in [0.717, 1.165) is 13.0 Å². The minimum Gasteiger partial charge on any atom is -0.447 e. The van der Waals surface area contributed by atoms with Gasteiger partial charge >= 0.3 is 0 Å². The van der Waals surface area contributed by atoms with Crippen molar-refractivity contribution in [1.29, 1.82) is 0 Å². The van der Waals surface area contributed by atoms with Crippen molar-refractivity contribution in [2.75, 3.05) is 13.6 Å². The summed E-state index contributed by atoms with van der Waals surface area (Å²) in [5.41, 5.74) is 0. The van der Waals surface area contributed by atoms with Crippen molar-refractivity contribution in [1.82, 2.24) is 10.0 Å². The van der Waals surface area contributed by atoms with Gasteiger partial charge in [0.2, 0.25) is 5.09 Å². The summed E-state index contributed by atoms with van der Waals surface area (Å²) >= 11 is 0. The molecule has 98 valence electrons. The molecule has 0 aliphatic rings. The van der Waals surface area contributed by atoms with Crippen LogP contribution in [0.15, 0.2) is 21.6 Å². The molecular weight excluding hydrogens is 240 g/mol. The fourth-order valence-electron chi connectivity index (χ4n) is 1.28. The molecule has 0 aromatic carbocycles. The highest BCUT2D eigenvalue weighted by molar-refractivity contribution is 7.89. The van der Waals surface area contributed by atoms with Crippen LogP contribution in [0.5, 0.6) is 0 Å². The molecule has 1 aromatic rings. The first-order chi connectivity index (χ1) is 7.99. The first kappa shape index (κ1) is 14.2. The average Bonchev–Trinajstić information content (AvgIpc) is 2.78. The molecule has 0 fully saturated rings. The van der Waals surface area contributed by atoms with E-state index in [9.17, 15) is 8.42 Å². The second-order valence-electron chi connectivity index (χ2n) is 4.07. The van der Waals surface area contributed by atoms with Gasteiger partial charge in [-0.3, -0.25) is 0 Å². The Morgan fingerprint density at radius 1 is 1.41 bits per heavy atom. The molecule has 0 bridgehead atoms. The van der Waals surface area contributed by atoms with E-state index in [-0.39, 0.29) is 5.09 Å². The molecule has 0 aliphatic heterocycles. The molecule has 17 heavy (non-hydrogen) atoms. The van der Waals surface area contributed by atoms with Gasteiger partial charge in [0.15, 0.2) is 0 Å². The molecule has 1 heterocycles. The summed E-state index contributed by atoms with van der Waals surface area (Å²) in [7, 11) is -2.11. The summed E-state index contributed by atoms with van der Waals surface area (Å²) < 4.78 is 30.3. The standard InChI is InChI=1S/C11H20N2O3S/c1-4-9(2)7-13-8-10-5-6-11(16-10)17(14,15)12-3/h5-6,9,12-13H,4,7-8H2,1-3H3. The van der Waals surface area contributed by atoms with E-state index >= 15 is 0 Å². The minimum atomic E-state index is -3.47. The van der Waals surface area contributed by atoms with Gasteiger partial charge in [0.1, 0.15) is 5.76 Å². The highest BCUT2D eigenvalue weighted by atomic mass is 32.2. The third-order valence-electron chi connectivity index (χ3n) is 2.66. The van der Waals surface area contributed by atoms with Gasteiger partial charge < -0.3 is 9.73 Å². The Morgan fingerprint density at radius 3 is 2.71 bits per heavy atom. The number of sulfonamides is 1. The number of rotatable bonds is 7. The molecule has 0 amide bonds. The normalized spacial score (nSPS) is 13.8. The van der Waals surface area contributed by atoms with Gasteiger partial charge in [-0.1, -0.05) is 20.3 Å². The van der Waals surface area contributed by atoms with Crippen molar-refractivity contribution >= 4 is 10.0 Å². The fourth-order valence-corrected chi connectivity index (χ4v) is 1.95. The van der Waals surface area contributed by atoms with Gasteiger partial charge in [-0.05, 0) is 31.6 Å². The molecule has 0 radical (unpaired) electrons. The average molecular weight is 260 g/mol. The maximum Gasteiger partial charge on any atom is 0.273 e. The third-order valence-corrected chi connectivity index (χ3v) is 3.95. The predicted molar refractivity (Wildman–Crippen MR) is 66.1 cm³/mol. The molecule has 0 saturated carbocycles. The van der Waals surface area contributed by atoms with Crippen LogP contribution in [0.2, 0.25) is 0 Å². The van der Waals surface area contributed by atoms with Gasteiger partial charge in [0.05, 0.1) is 6.54 Å². The largest absolute Gasteiger partial charge is 0.447 e. The Bertz CT molecular complexity index is 439. The summed E-state index contributed by atoms with van der Waals surface area (Å²) in [5.74, 6) is 1.23. The monoisotopic (exact) mass is 260 g/mol. The predicted octanol–water partition coefficient (Wildman–Crippen LogP) is 1.32. The number of nitrogens with one attached hydrogen (secondary N) is 2. The van der Waals surface area contributed by atoms with Gasteiger partial charge in [0, 0.05) is 0 Å². The van der Waals surface area contributed by atoms with Gasteiger partial charge in [0.25, 0.3) is 10.0 Å². The maximum atomic E-state index is 11.4.